The third kappa shape index (κ3) is 4.02. The Morgan fingerprint density at radius 1 is 0.913 bits per heavy atom. The second-order valence-corrected chi connectivity index (χ2v) is 5.89. The molecule has 3 rings (SSSR count). The minimum atomic E-state index is 0.473. The largest absolute Gasteiger partial charge is 0.245 e. The van der Waals surface area contributed by atoms with Gasteiger partial charge in [0, 0.05) is 22.4 Å². The van der Waals surface area contributed by atoms with Gasteiger partial charge in [-0.05, 0) is 30.2 Å². The third-order valence-corrected chi connectivity index (χ3v) is 3.87. The van der Waals surface area contributed by atoms with Gasteiger partial charge in [0.25, 0.3) is 0 Å². The van der Waals surface area contributed by atoms with E-state index in [0.29, 0.717) is 5.95 Å². The first-order valence-corrected chi connectivity index (χ1v) is 7.95. The van der Waals surface area contributed by atoms with Crippen molar-refractivity contribution < 1.29 is 0 Å². The monoisotopic (exact) mass is 366 g/mol. The fraction of sp³-hybridized carbons (Fsp3) is 0.0556. The van der Waals surface area contributed by atoms with E-state index < -0.39 is 0 Å². The van der Waals surface area contributed by atoms with E-state index in [9.17, 15) is 0 Å². The number of nitrogens with zero attached hydrogens (tertiary/aromatic N) is 3. The molecule has 2 aromatic carbocycles. The summed E-state index contributed by atoms with van der Waals surface area (Å²) in [6.45, 7) is 1.94. The number of nitrogens with one attached hydrogen (secondary N) is 1. The molecule has 3 aromatic rings. The summed E-state index contributed by atoms with van der Waals surface area (Å²) < 4.78 is 1.04. The van der Waals surface area contributed by atoms with E-state index in [4.69, 9.17) is 0 Å². The first-order chi connectivity index (χ1) is 11.2. The van der Waals surface area contributed by atoms with Gasteiger partial charge in [-0.2, -0.15) is 5.10 Å². The van der Waals surface area contributed by atoms with Crippen LogP contribution in [0.4, 0.5) is 5.95 Å². The lowest BCUT2D eigenvalue weighted by atomic mass is 10.1. The summed E-state index contributed by atoms with van der Waals surface area (Å²) in [6, 6.07) is 18.0. The van der Waals surface area contributed by atoms with Crippen LogP contribution < -0.4 is 5.43 Å². The van der Waals surface area contributed by atoms with E-state index in [-0.39, 0.29) is 0 Å². The fourth-order valence-corrected chi connectivity index (χ4v) is 2.32. The van der Waals surface area contributed by atoms with Gasteiger partial charge in [-0.1, -0.05) is 58.4 Å². The number of hydrogen-bond acceptors (Lipinski definition) is 4. The van der Waals surface area contributed by atoms with Gasteiger partial charge in [-0.15, -0.1) is 0 Å². The maximum absolute atomic E-state index is 4.32. The summed E-state index contributed by atoms with van der Waals surface area (Å²) in [5.74, 6) is 0.473. The van der Waals surface area contributed by atoms with Crippen LogP contribution in [0.25, 0.3) is 11.1 Å². The van der Waals surface area contributed by atoms with Crippen molar-refractivity contribution in [3.05, 3.63) is 77.0 Å². The predicted octanol–water partition coefficient (Wildman–Crippen LogP) is 4.74. The molecule has 0 saturated heterocycles. The number of aromatic nitrogens is 2. The van der Waals surface area contributed by atoms with Gasteiger partial charge >= 0.3 is 0 Å². The van der Waals surface area contributed by atoms with Gasteiger partial charge in [0.15, 0.2) is 0 Å². The Kier molecular flexibility index (Phi) is 4.78. The van der Waals surface area contributed by atoms with Crippen molar-refractivity contribution in [3.63, 3.8) is 0 Å². The molecule has 0 atom stereocenters. The van der Waals surface area contributed by atoms with E-state index in [1.807, 2.05) is 61.5 Å². The Morgan fingerprint density at radius 3 is 2.22 bits per heavy atom. The summed E-state index contributed by atoms with van der Waals surface area (Å²) in [4.78, 5) is 8.60. The SMILES string of the molecule is CC(=NNc1ncc(-c2ccccc2)cn1)c1ccc(Br)cc1. The number of halogens is 1. The molecule has 0 unspecified atom stereocenters. The van der Waals surface area contributed by atoms with Crippen LogP contribution in [0.3, 0.4) is 0 Å². The standard InChI is InChI=1S/C18H15BrN4/c1-13(14-7-9-17(19)10-8-14)22-23-18-20-11-16(12-21-18)15-5-3-2-4-6-15/h2-12H,1H3,(H,20,21,23). The minimum absolute atomic E-state index is 0.473. The lowest BCUT2D eigenvalue weighted by molar-refractivity contribution is 1.12. The van der Waals surface area contributed by atoms with Crippen LogP contribution in [-0.4, -0.2) is 15.7 Å². The van der Waals surface area contributed by atoms with Crippen molar-refractivity contribution in [1.82, 2.24) is 9.97 Å². The second-order valence-electron chi connectivity index (χ2n) is 4.98. The Hall–Kier alpha value is -2.53. The Bertz CT molecular complexity index is 797. The smallest absolute Gasteiger partial charge is 0.243 e. The summed E-state index contributed by atoms with van der Waals surface area (Å²) in [5.41, 5.74) is 6.87. The lowest BCUT2D eigenvalue weighted by Crippen LogP contribution is -2.02. The van der Waals surface area contributed by atoms with Crippen molar-refractivity contribution in [3.8, 4) is 11.1 Å². The maximum atomic E-state index is 4.32. The molecule has 0 aliphatic rings. The maximum Gasteiger partial charge on any atom is 0.243 e. The molecule has 0 bridgehead atoms. The zero-order valence-corrected chi connectivity index (χ0v) is 14.2. The van der Waals surface area contributed by atoms with Crippen LogP contribution in [0, 0.1) is 0 Å². The average Bonchev–Trinajstić information content (AvgIpc) is 2.61. The molecule has 114 valence electrons. The number of anilines is 1. The molecule has 4 nitrogen and oxygen atoms in total. The van der Waals surface area contributed by atoms with Crippen LogP contribution in [0.5, 0.6) is 0 Å². The molecule has 5 heteroatoms. The van der Waals surface area contributed by atoms with E-state index >= 15 is 0 Å². The first kappa shape index (κ1) is 15.4. The molecule has 1 aromatic heterocycles. The molecule has 1 heterocycles. The predicted molar refractivity (Wildman–Crippen MR) is 97.4 cm³/mol. The summed E-state index contributed by atoms with van der Waals surface area (Å²) >= 11 is 3.42. The minimum Gasteiger partial charge on any atom is -0.245 e. The van der Waals surface area contributed by atoms with Gasteiger partial charge < -0.3 is 0 Å². The van der Waals surface area contributed by atoms with Crippen molar-refractivity contribution in [2.45, 2.75) is 6.92 Å². The highest BCUT2D eigenvalue weighted by Gasteiger charge is 2.01. The van der Waals surface area contributed by atoms with Crippen LogP contribution in [-0.2, 0) is 0 Å². The van der Waals surface area contributed by atoms with E-state index in [1.165, 1.54) is 0 Å². The molecule has 0 aliphatic carbocycles. The van der Waals surface area contributed by atoms with Gasteiger partial charge in [0.05, 0.1) is 5.71 Å². The molecule has 0 saturated carbocycles. The summed E-state index contributed by atoms with van der Waals surface area (Å²) in [6.07, 6.45) is 3.57. The number of hydrazone groups is 1. The van der Waals surface area contributed by atoms with Crippen molar-refractivity contribution in [1.29, 1.82) is 0 Å². The third-order valence-electron chi connectivity index (χ3n) is 3.34. The van der Waals surface area contributed by atoms with E-state index in [0.717, 1.165) is 26.9 Å². The first-order valence-electron chi connectivity index (χ1n) is 7.16. The Morgan fingerprint density at radius 2 is 1.57 bits per heavy atom. The molecule has 0 fully saturated rings. The Labute approximate surface area is 143 Å². The zero-order valence-electron chi connectivity index (χ0n) is 12.6. The van der Waals surface area contributed by atoms with Crippen molar-refractivity contribution >= 4 is 27.6 Å². The molecular weight excluding hydrogens is 352 g/mol. The van der Waals surface area contributed by atoms with Gasteiger partial charge in [0.2, 0.25) is 5.95 Å². The van der Waals surface area contributed by atoms with Gasteiger partial charge in [-0.3, -0.25) is 0 Å². The van der Waals surface area contributed by atoms with E-state index in [1.54, 1.807) is 12.4 Å². The highest BCUT2D eigenvalue weighted by Crippen LogP contribution is 2.17. The number of rotatable bonds is 4. The lowest BCUT2D eigenvalue weighted by Gasteiger charge is -2.04. The quantitative estimate of drug-likeness (QED) is 0.535. The summed E-state index contributed by atoms with van der Waals surface area (Å²) in [7, 11) is 0. The normalized spacial score (nSPS) is 11.3. The average molecular weight is 367 g/mol. The van der Waals surface area contributed by atoms with Gasteiger partial charge in [0.1, 0.15) is 0 Å². The molecule has 0 amide bonds. The topological polar surface area (TPSA) is 50.2 Å². The number of hydrogen-bond donors (Lipinski definition) is 1. The molecular formula is C18H15BrN4. The van der Waals surface area contributed by atoms with E-state index in [2.05, 4.69) is 36.4 Å². The molecule has 1 N–H and O–H groups in total. The van der Waals surface area contributed by atoms with Crippen LogP contribution >= 0.6 is 15.9 Å². The highest BCUT2D eigenvalue weighted by atomic mass is 79.9. The van der Waals surface area contributed by atoms with Crippen molar-refractivity contribution in [2.24, 2.45) is 5.10 Å². The van der Waals surface area contributed by atoms with Crippen LogP contribution in [0.15, 0.2) is 76.6 Å². The summed E-state index contributed by atoms with van der Waals surface area (Å²) in [5, 5.41) is 4.32. The molecule has 0 spiro atoms. The Balaban J connectivity index is 1.71. The highest BCUT2D eigenvalue weighted by molar-refractivity contribution is 9.10. The molecule has 0 radical (unpaired) electrons. The molecule has 23 heavy (non-hydrogen) atoms. The van der Waals surface area contributed by atoms with Gasteiger partial charge in [-0.25, -0.2) is 15.4 Å². The van der Waals surface area contributed by atoms with Crippen LogP contribution in [0.1, 0.15) is 12.5 Å². The zero-order chi connectivity index (χ0) is 16.1. The van der Waals surface area contributed by atoms with Crippen molar-refractivity contribution in [2.75, 3.05) is 5.43 Å². The fourth-order valence-electron chi connectivity index (χ4n) is 2.05. The molecule has 0 aliphatic heterocycles. The van der Waals surface area contributed by atoms with Crippen LogP contribution in [0.2, 0.25) is 0 Å². The number of benzene rings is 2. The second kappa shape index (κ2) is 7.15.